The minimum absolute atomic E-state index is 0.0498. The van der Waals surface area contributed by atoms with E-state index in [2.05, 4.69) is 5.32 Å². The van der Waals surface area contributed by atoms with Crippen LogP contribution in [0.1, 0.15) is 31.7 Å². The molecule has 1 aromatic carbocycles. The van der Waals surface area contributed by atoms with Crippen LogP contribution in [-0.4, -0.2) is 48.5 Å². The molecule has 0 radical (unpaired) electrons. The molecule has 0 aromatic heterocycles. The Morgan fingerprint density at radius 1 is 1.32 bits per heavy atom. The average molecular weight is 389 g/mol. The fraction of sp³-hybridized carbons (Fsp3) is 0.500. The van der Waals surface area contributed by atoms with Crippen molar-refractivity contribution in [3.8, 4) is 0 Å². The van der Waals surface area contributed by atoms with Crippen LogP contribution in [0.3, 0.4) is 0 Å². The average Bonchev–Trinajstić information content (AvgIpc) is 2.89. The van der Waals surface area contributed by atoms with E-state index in [1.807, 2.05) is 0 Å². The maximum absolute atomic E-state index is 12.3. The minimum atomic E-state index is -3.28. The summed E-state index contributed by atoms with van der Waals surface area (Å²) < 4.78 is 24.8. The molecular formula is C16H21ClN2O5S. The summed E-state index contributed by atoms with van der Waals surface area (Å²) in [4.78, 5) is 24.2. The van der Waals surface area contributed by atoms with E-state index in [0.717, 1.165) is 0 Å². The van der Waals surface area contributed by atoms with Crippen LogP contribution >= 0.6 is 11.6 Å². The Kier molecular flexibility index (Phi) is 6.08. The van der Waals surface area contributed by atoms with Gasteiger partial charge >= 0.3 is 5.97 Å². The highest BCUT2D eigenvalue weighted by molar-refractivity contribution is 7.89. The van der Waals surface area contributed by atoms with Gasteiger partial charge in [0.05, 0.1) is 5.75 Å². The molecule has 0 bridgehead atoms. The number of benzene rings is 1. The quantitative estimate of drug-likeness (QED) is 0.737. The standard InChI is InChI=1S/C16H21ClN2O5S/c1-2-16(15(21)22,12-4-6-13(17)7-5-12)18-14(20)8-10-19-9-3-11-25(19,23)24/h4-7H,2-3,8-11H2,1H3,(H,18,20)(H,21,22). The predicted octanol–water partition coefficient (Wildman–Crippen LogP) is 1.57. The highest BCUT2D eigenvalue weighted by atomic mass is 35.5. The summed E-state index contributed by atoms with van der Waals surface area (Å²) in [5.41, 5.74) is -1.17. The zero-order valence-electron chi connectivity index (χ0n) is 13.9. The summed E-state index contributed by atoms with van der Waals surface area (Å²) in [6, 6.07) is 6.25. The lowest BCUT2D eigenvalue weighted by molar-refractivity contribution is -0.148. The largest absolute Gasteiger partial charge is 0.479 e. The number of halogens is 1. The molecule has 2 rings (SSSR count). The summed E-state index contributed by atoms with van der Waals surface area (Å²) >= 11 is 5.84. The molecule has 9 heteroatoms. The van der Waals surface area contributed by atoms with Gasteiger partial charge in [0.15, 0.2) is 5.54 Å². The van der Waals surface area contributed by atoms with Gasteiger partial charge in [-0.05, 0) is 30.5 Å². The van der Waals surface area contributed by atoms with E-state index >= 15 is 0 Å². The van der Waals surface area contributed by atoms with E-state index in [1.165, 1.54) is 4.31 Å². The SMILES string of the molecule is CCC(NC(=O)CCN1CCCS1(=O)=O)(C(=O)O)c1ccc(Cl)cc1. The smallest absolute Gasteiger partial charge is 0.334 e. The van der Waals surface area contributed by atoms with Crippen molar-refractivity contribution in [1.29, 1.82) is 0 Å². The zero-order chi connectivity index (χ0) is 18.7. The number of rotatable bonds is 7. The summed E-state index contributed by atoms with van der Waals surface area (Å²) in [6.45, 7) is 2.10. The van der Waals surface area contributed by atoms with Crippen molar-refractivity contribution in [3.05, 3.63) is 34.9 Å². The number of carbonyl (C=O) groups excluding carboxylic acids is 1. The molecular weight excluding hydrogens is 368 g/mol. The van der Waals surface area contributed by atoms with Gasteiger partial charge in [-0.15, -0.1) is 0 Å². The molecule has 1 atom stereocenters. The lowest BCUT2D eigenvalue weighted by Gasteiger charge is -2.30. The number of nitrogens with zero attached hydrogens (tertiary/aromatic N) is 1. The van der Waals surface area contributed by atoms with Crippen LogP contribution in [0.4, 0.5) is 0 Å². The maximum Gasteiger partial charge on any atom is 0.334 e. The number of hydrogen-bond acceptors (Lipinski definition) is 4. The molecule has 25 heavy (non-hydrogen) atoms. The Morgan fingerprint density at radius 2 is 1.96 bits per heavy atom. The van der Waals surface area contributed by atoms with Crippen molar-refractivity contribution in [1.82, 2.24) is 9.62 Å². The lowest BCUT2D eigenvalue weighted by atomic mass is 9.87. The van der Waals surface area contributed by atoms with E-state index in [4.69, 9.17) is 11.6 Å². The van der Waals surface area contributed by atoms with Crippen LogP contribution in [0.5, 0.6) is 0 Å². The lowest BCUT2D eigenvalue weighted by Crippen LogP contribution is -2.52. The number of amides is 1. The molecule has 1 amide bonds. The highest BCUT2D eigenvalue weighted by Gasteiger charge is 2.40. The molecule has 1 heterocycles. The van der Waals surface area contributed by atoms with Gasteiger partial charge in [0, 0.05) is 24.5 Å². The molecule has 7 nitrogen and oxygen atoms in total. The van der Waals surface area contributed by atoms with Crippen LogP contribution in [0.2, 0.25) is 5.02 Å². The second-order valence-electron chi connectivity index (χ2n) is 5.94. The number of aliphatic carboxylic acids is 1. The Balaban J connectivity index is 2.13. The molecule has 0 aliphatic carbocycles. The fourth-order valence-electron chi connectivity index (χ4n) is 2.90. The van der Waals surface area contributed by atoms with E-state index in [9.17, 15) is 23.1 Å². The maximum atomic E-state index is 12.3. The summed E-state index contributed by atoms with van der Waals surface area (Å²) in [5, 5.41) is 12.7. The third kappa shape index (κ3) is 4.31. The number of sulfonamides is 1. The molecule has 1 aromatic rings. The number of nitrogens with one attached hydrogen (secondary N) is 1. The van der Waals surface area contributed by atoms with Gasteiger partial charge < -0.3 is 10.4 Å². The number of carbonyl (C=O) groups is 2. The first-order valence-electron chi connectivity index (χ1n) is 7.99. The van der Waals surface area contributed by atoms with Crippen LogP contribution < -0.4 is 5.32 Å². The molecule has 1 aliphatic heterocycles. The Labute approximate surface area is 152 Å². The Morgan fingerprint density at radius 3 is 2.44 bits per heavy atom. The number of carboxylic acids is 1. The molecule has 1 saturated heterocycles. The van der Waals surface area contributed by atoms with Crippen molar-refractivity contribution < 1.29 is 23.1 Å². The second-order valence-corrected chi connectivity index (χ2v) is 8.46. The Hall–Kier alpha value is -1.64. The first-order valence-corrected chi connectivity index (χ1v) is 9.98. The van der Waals surface area contributed by atoms with Gasteiger partial charge in [-0.1, -0.05) is 30.7 Å². The zero-order valence-corrected chi connectivity index (χ0v) is 15.4. The molecule has 1 aliphatic rings. The normalized spacial score (nSPS) is 19.3. The molecule has 2 N–H and O–H groups in total. The third-order valence-electron chi connectivity index (χ3n) is 4.38. The molecule has 0 saturated carbocycles. The van der Waals surface area contributed by atoms with Gasteiger partial charge in [0.1, 0.15) is 0 Å². The van der Waals surface area contributed by atoms with Crippen LogP contribution in [0.25, 0.3) is 0 Å². The molecule has 1 unspecified atom stereocenters. The predicted molar refractivity (Wildman–Crippen MR) is 93.8 cm³/mol. The van der Waals surface area contributed by atoms with E-state index in [0.29, 0.717) is 23.6 Å². The van der Waals surface area contributed by atoms with E-state index < -0.39 is 27.4 Å². The van der Waals surface area contributed by atoms with Crippen molar-refractivity contribution in [2.75, 3.05) is 18.8 Å². The van der Waals surface area contributed by atoms with Crippen LogP contribution in [0.15, 0.2) is 24.3 Å². The van der Waals surface area contributed by atoms with Gasteiger partial charge in [-0.25, -0.2) is 17.5 Å². The van der Waals surface area contributed by atoms with Gasteiger partial charge in [-0.3, -0.25) is 4.79 Å². The summed E-state index contributed by atoms with van der Waals surface area (Å²) in [6.07, 6.45) is 0.586. The van der Waals surface area contributed by atoms with E-state index in [1.54, 1.807) is 31.2 Å². The first kappa shape index (κ1) is 19.7. The molecule has 1 fully saturated rings. The fourth-order valence-corrected chi connectivity index (χ4v) is 4.55. The van der Waals surface area contributed by atoms with Crippen molar-refractivity contribution in [2.45, 2.75) is 31.7 Å². The number of carboxylic acid groups (broad SMARTS) is 1. The summed E-state index contributed by atoms with van der Waals surface area (Å²) in [7, 11) is -3.28. The highest BCUT2D eigenvalue weighted by Crippen LogP contribution is 2.27. The minimum Gasteiger partial charge on any atom is -0.479 e. The first-order chi connectivity index (χ1) is 11.7. The topological polar surface area (TPSA) is 104 Å². The Bertz CT molecular complexity index is 750. The van der Waals surface area contributed by atoms with Gasteiger partial charge in [-0.2, -0.15) is 0 Å². The van der Waals surface area contributed by atoms with Crippen molar-refractivity contribution in [2.24, 2.45) is 0 Å². The van der Waals surface area contributed by atoms with Crippen LogP contribution in [-0.2, 0) is 25.2 Å². The van der Waals surface area contributed by atoms with Crippen molar-refractivity contribution >= 4 is 33.5 Å². The second kappa shape index (κ2) is 7.72. The van der Waals surface area contributed by atoms with E-state index in [-0.39, 0.29) is 25.1 Å². The van der Waals surface area contributed by atoms with Gasteiger partial charge in [0.2, 0.25) is 15.9 Å². The summed E-state index contributed by atoms with van der Waals surface area (Å²) in [5.74, 6) is -1.60. The third-order valence-corrected chi connectivity index (χ3v) is 6.59. The van der Waals surface area contributed by atoms with Crippen molar-refractivity contribution in [3.63, 3.8) is 0 Å². The van der Waals surface area contributed by atoms with Gasteiger partial charge in [0.25, 0.3) is 0 Å². The molecule has 0 spiro atoms. The monoisotopic (exact) mass is 388 g/mol. The van der Waals surface area contributed by atoms with Crippen LogP contribution in [0, 0.1) is 0 Å². The number of hydrogen-bond donors (Lipinski definition) is 2. The molecule has 138 valence electrons.